The van der Waals surface area contributed by atoms with Gasteiger partial charge < -0.3 is 5.32 Å². The van der Waals surface area contributed by atoms with Crippen LogP contribution in [-0.2, 0) is 16.2 Å². The zero-order valence-corrected chi connectivity index (χ0v) is 15.6. The molecular formula is C16H18ClF3N2O3S. The predicted molar refractivity (Wildman–Crippen MR) is 91.8 cm³/mol. The van der Waals surface area contributed by atoms with Crippen LogP contribution >= 0.6 is 11.6 Å². The number of alkyl halides is 4. The van der Waals surface area contributed by atoms with E-state index < -0.39 is 38.5 Å². The monoisotopic (exact) mass is 410 g/mol. The summed E-state index contributed by atoms with van der Waals surface area (Å²) in [5.74, 6) is -0.754. The Bertz CT molecular complexity index is 848. The average Bonchev–Trinajstić information content (AvgIpc) is 2.42. The van der Waals surface area contributed by atoms with Gasteiger partial charge in [-0.2, -0.15) is 13.2 Å². The first-order valence-electron chi connectivity index (χ1n) is 8.00. The number of carbonyl (C=O) groups is 1. The molecule has 26 heavy (non-hydrogen) atoms. The number of nitrogens with one attached hydrogen (secondary N) is 2. The quantitative estimate of drug-likeness (QED) is 0.729. The largest absolute Gasteiger partial charge is 0.416 e. The Morgan fingerprint density at radius 2 is 1.81 bits per heavy atom. The Balaban J connectivity index is 1.92. The minimum atomic E-state index is -4.65. The van der Waals surface area contributed by atoms with Gasteiger partial charge in [-0.25, -0.2) is 8.42 Å². The van der Waals surface area contributed by atoms with Crippen LogP contribution < -0.4 is 10.0 Å². The van der Waals surface area contributed by atoms with Gasteiger partial charge in [-0.05, 0) is 51.3 Å². The molecule has 2 bridgehead atoms. The van der Waals surface area contributed by atoms with Crippen LogP contribution in [0, 0.1) is 0 Å². The second-order valence-corrected chi connectivity index (χ2v) is 10.4. The van der Waals surface area contributed by atoms with E-state index in [0.29, 0.717) is 25.3 Å². The molecule has 144 valence electrons. The lowest BCUT2D eigenvalue weighted by atomic mass is 9.49. The molecule has 0 aromatic heterocycles. The van der Waals surface area contributed by atoms with E-state index in [-0.39, 0.29) is 16.1 Å². The van der Waals surface area contributed by atoms with Gasteiger partial charge in [-0.1, -0.05) is 0 Å². The third-order valence-corrected chi connectivity index (χ3v) is 6.96. The molecule has 0 heterocycles. The fourth-order valence-corrected chi connectivity index (χ4v) is 4.86. The SMILES string of the molecule is CC(C)S(=O)(=O)Nc1ccc(C(F)(F)F)cc1C(=O)NC12CC(Cl)(C1)C2. The molecule has 3 aliphatic carbocycles. The maximum Gasteiger partial charge on any atom is 0.416 e. The van der Waals surface area contributed by atoms with E-state index in [1.165, 1.54) is 13.8 Å². The second-order valence-electron chi connectivity index (χ2n) is 7.37. The van der Waals surface area contributed by atoms with Crippen LogP contribution in [0.5, 0.6) is 0 Å². The number of benzene rings is 1. The highest BCUT2D eigenvalue weighted by atomic mass is 35.5. The van der Waals surface area contributed by atoms with Crippen LogP contribution in [0.15, 0.2) is 18.2 Å². The number of rotatable bonds is 5. The van der Waals surface area contributed by atoms with E-state index in [1.807, 2.05) is 0 Å². The van der Waals surface area contributed by atoms with Gasteiger partial charge in [-0.3, -0.25) is 9.52 Å². The fourth-order valence-electron chi connectivity index (χ4n) is 3.37. The van der Waals surface area contributed by atoms with E-state index in [1.54, 1.807) is 0 Å². The summed E-state index contributed by atoms with van der Waals surface area (Å²) in [6.07, 6.45) is -2.99. The zero-order valence-electron chi connectivity index (χ0n) is 14.1. The van der Waals surface area contributed by atoms with E-state index in [2.05, 4.69) is 10.0 Å². The molecule has 4 rings (SSSR count). The molecule has 5 nitrogen and oxygen atoms in total. The standard InChI is InChI=1S/C16H18ClF3N2O3S/c1-9(2)26(24,25)22-12-4-3-10(16(18,19)20)5-11(12)13(23)21-15-6-14(17,7-15)8-15/h3-5,9,22H,6-8H2,1-2H3,(H,21,23). The molecule has 1 aromatic rings. The maximum absolute atomic E-state index is 13.0. The van der Waals surface area contributed by atoms with E-state index in [0.717, 1.165) is 12.1 Å². The molecule has 1 aromatic carbocycles. The van der Waals surface area contributed by atoms with Crippen molar-refractivity contribution in [1.29, 1.82) is 0 Å². The summed E-state index contributed by atoms with van der Waals surface area (Å²) in [5, 5.41) is 1.90. The molecule has 3 aliphatic rings. The summed E-state index contributed by atoms with van der Waals surface area (Å²) in [6.45, 7) is 2.85. The molecule has 0 aliphatic heterocycles. The lowest BCUT2D eigenvalue weighted by Crippen LogP contribution is -2.76. The molecule has 0 spiro atoms. The number of carbonyl (C=O) groups excluding carboxylic acids is 1. The molecule has 3 fully saturated rings. The van der Waals surface area contributed by atoms with Gasteiger partial charge in [0.2, 0.25) is 10.0 Å². The first-order valence-corrected chi connectivity index (χ1v) is 9.92. The smallest absolute Gasteiger partial charge is 0.346 e. The number of amides is 1. The lowest BCUT2D eigenvalue weighted by molar-refractivity contribution is -0.137. The van der Waals surface area contributed by atoms with Crippen molar-refractivity contribution in [2.24, 2.45) is 0 Å². The molecule has 0 atom stereocenters. The van der Waals surface area contributed by atoms with Crippen molar-refractivity contribution in [1.82, 2.24) is 5.32 Å². The number of anilines is 1. The average molecular weight is 411 g/mol. The van der Waals surface area contributed by atoms with E-state index in [9.17, 15) is 26.4 Å². The topological polar surface area (TPSA) is 75.3 Å². The van der Waals surface area contributed by atoms with Gasteiger partial charge in [0, 0.05) is 5.54 Å². The van der Waals surface area contributed by atoms with Crippen molar-refractivity contribution >= 4 is 33.2 Å². The Morgan fingerprint density at radius 3 is 2.27 bits per heavy atom. The van der Waals surface area contributed by atoms with Gasteiger partial charge in [-0.15, -0.1) is 11.6 Å². The van der Waals surface area contributed by atoms with Gasteiger partial charge in [0.1, 0.15) is 0 Å². The summed E-state index contributed by atoms with van der Waals surface area (Å²) < 4.78 is 65.4. The summed E-state index contributed by atoms with van der Waals surface area (Å²) in [4.78, 5) is 12.3. The molecular weight excluding hydrogens is 393 g/mol. The highest BCUT2D eigenvalue weighted by Gasteiger charge is 2.68. The second kappa shape index (κ2) is 5.76. The van der Waals surface area contributed by atoms with Crippen molar-refractivity contribution in [3.05, 3.63) is 29.3 Å². The minimum Gasteiger partial charge on any atom is -0.346 e. The van der Waals surface area contributed by atoms with Crippen molar-refractivity contribution in [3.8, 4) is 0 Å². The first-order chi connectivity index (χ1) is 11.8. The van der Waals surface area contributed by atoms with Crippen molar-refractivity contribution in [2.75, 3.05) is 4.72 Å². The van der Waals surface area contributed by atoms with Gasteiger partial charge >= 0.3 is 6.18 Å². The molecule has 0 radical (unpaired) electrons. The van der Waals surface area contributed by atoms with Crippen LogP contribution in [0.2, 0.25) is 0 Å². The number of hydrogen-bond acceptors (Lipinski definition) is 3. The normalized spacial score (nSPS) is 27.5. The number of halogens is 4. The third-order valence-electron chi connectivity index (χ3n) is 4.81. The van der Waals surface area contributed by atoms with Gasteiger partial charge in [0.05, 0.1) is 26.9 Å². The van der Waals surface area contributed by atoms with Crippen molar-refractivity contribution in [2.45, 2.75) is 54.9 Å². The van der Waals surface area contributed by atoms with Gasteiger partial charge in [0.15, 0.2) is 0 Å². The van der Waals surface area contributed by atoms with Crippen LogP contribution in [0.3, 0.4) is 0 Å². The Hall–Kier alpha value is -1.48. The highest BCUT2D eigenvalue weighted by Crippen LogP contribution is 2.64. The molecule has 2 N–H and O–H groups in total. The van der Waals surface area contributed by atoms with Crippen LogP contribution in [0.1, 0.15) is 49.0 Å². The first kappa shape index (κ1) is 19.3. The molecule has 10 heteroatoms. The van der Waals surface area contributed by atoms with Crippen LogP contribution in [0.4, 0.5) is 18.9 Å². The highest BCUT2D eigenvalue weighted by molar-refractivity contribution is 7.93. The summed E-state index contributed by atoms with van der Waals surface area (Å²) in [7, 11) is -3.82. The summed E-state index contributed by atoms with van der Waals surface area (Å²) >= 11 is 6.14. The van der Waals surface area contributed by atoms with E-state index in [4.69, 9.17) is 11.6 Å². The number of sulfonamides is 1. The zero-order chi connectivity index (χ0) is 19.5. The van der Waals surface area contributed by atoms with E-state index >= 15 is 0 Å². The van der Waals surface area contributed by atoms with Crippen molar-refractivity contribution < 1.29 is 26.4 Å². The van der Waals surface area contributed by atoms with Crippen LogP contribution in [0.25, 0.3) is 0 Å². The maximum atomic E-state index is 13.0. The van der Waals surface area contributed by atoms with Crippen LogP contribution in [-0.4, -0.2) is 30.0 Å². The minimum absolute atomic E-state index is 0.184. The molecule has 1 amide bonds. The Labute approximate surface area is 154 Å². The third kappa shape index (κ3) is 3.38. The van der Waals surface area contributed by atoms with Gasteiger partial charge in [0.25, 0.3) is 5.91 Å². The summed E-state index contributed by atoms with van der Waals surface area (Å²) in [5.41, 5.74) is -2.07. The van der Waals surface area contributed by atoms with Crippen molar-refractivity contribution in [3.63, 3.8) is 0 Å². The fraction of sp³-hybridized carbons (Fsp3) is 0.562. The Kier molecular flexibility index (Phi) is 4.27. The molecule has 3 saturated carbocycles. The molecule has 0 unspecified atom stereocenters. The predicted octanol–water partition coefficient (Wildman–Crippen LogP) is 3.50. The lowest BCUT2D eigenvalue weighted by Gasteiger charge is -2.67. The summed E-state index contributed by atoms with van der Waals surface area (Å²) in [6, 6.07) is 2.36. The number of hydrogen-bond donors (Lipinski definition) is 2. The molecule has 0 saturated heterocycles. The Morgan fingerprint density at radius 1 is 1.23 bits per heavy atom.